The van der Waals surface area contributed by atoms with Crippen molar-refractivity contribution in [1.29, 1.82) is 0 Å². The van der Waals surface area contributed by atoms with Crippen LogP contribution in [-0.2, 0) is 16.6 Å². The minimum Gasteiger partial charge on any atom is -0.326 e. The molecule has 0 aromatic heterocycles. The number of rotatable bonds is 4. The smallest absolute Gasteiger partial charge is 0.262 e. The van der Waals surface area contributed by atoms with E-state index in [0.29, 0.717) is 10.0 Å². The van der Waals surface area contributed by atoms with Crippen molar-refractivity contribution in [1.82, 2.24) is 0 Å². The summed E-state index contributed by atoms with van der Waals surface area (Å²) < 4.78 is 40.4. The highest BCUT2D eigenvalue weighted by Crippen LogP contribution is 2.26. The number of anilines is 1. The SMILES string of the molecule is NCc1ccccc1S(=O)(=O)Nc1ccc(F)cc1Br. The zero-order valence-electron chi connectivity index (χ0n) is 10.3. The van der Waals surface area contributed by atoms with Crippen LogP contribution < -0.4 is 10.5 Å². The van der Waals surface area contributed by atoms with Gasteiger partial charge in [-0.25, -0.2) is 12.8 Å². The van der Waals surface area contributed by atoms with Crippen molar-refractivity contribution < 1.29 is 12.8 Å². The summed E-state index contributed by atoms with van der Waals surface area (Å²) >= 11 is 3.12. The van der Waals surface area contributed by atoms with Crippen LogP contribution in [0.1, 0.15) is 5.56 Å². The first kappa shape index (κ1) is 15.0. The Hall–Kier alpha value is -1.44. The van der Waals surface area contributed by atoms with Gasteiger partial charge in [-0.3, -0.25) is 4.72 Å². The number of hydrogen-bond donors (Lipinski definition) is 2. The second-order valence-electron chi connectivity index (χ2n) is 4.04. The number of halogens is 2. The number of benzene rings is 2. The van der Waals surface area contributed by atoms with Gasteiger partial charge in [-0.15, -0.1) is 0 Å². The minimum absolute atomic E-state index is 0.110. The molecule has 0 radical (unpaired) electrons. The molecule has 0 heterocycles. The number of nitrogens with two attached hydrogens (primary N) is 1. The first-order valence-electron chi connectivity index (χ1n) is 5.70. The topological polar surface area (TPSA) is 72.2 Å². The molecule has 0 saturated carbocycles. The molecule has 0 aliphatic rings. The second-order valence-corrected chi connectivity index (χ2v) is 6.55. The Morgan fingerprint density at radius 1 is 1.20 bits per heavy atom. The number of hydrogen-bond acceptors (Lipinski definition) is 3. The summed E-state index contributed by atoms with van der Waals surface area (Å²) in [7, 11) is -3.77. The highest BCUT2D eigenvalue weighted by molar-refractivity contribution is 9.10. The molecule has 0 fully saturated rings. The first-order chi connectivity index (χ1) is 9.44. The fourth-order valence-electron chi connectivity index (χ4n) is 1.71. The van der Waals surface area contributed by atoms with Gasteiger partial charge in [0.15, 0.2) is 0 Å². The fraction of sp³-hybridized carbons (Fsp3) is 0.0769. The molecule has 20 heavy (non-hydrogen) atoms. The zero-order valence-corrected chi connectivity index (χ0v) is 12.7. The average molecular weight is 359 g/mol. The molecule has 0 saturated heterocycles. The number of sulfonamides is 1. The maximum atomic E-state index is 13.0. The van der Waals surface area contributed by atoms with Gasteiger partial charge in [0.25, 0.3) is 10.0 Å². The molecule has 0 spiro atoms. The summed E-state index contributed by atoms with van der Waals surface area (Å²) in [5.41, 5.74) is 6.31. The highest BCUT2D eigenvalue weighted by Gasteiger charge is 2.18. The molecule has 0 unspecified atom stereocenters. The van der Waals surface area contributed by atoms with Crippen LogP contribution in [0.2, 0.25) is 0 Å². The Morgan fingerprint density at radius 2 is 1.90 bits per heavy atom. The summed E-state index contributed by atoms with van der Waals surface area (Å²) in [6, 6.07) is 10.2. The second kappa shape index (κ2) is 5.90. The molecule has 7 heteroatoms. The standard InChI is InChI=1S/C13H12BrFN2O2S/c14-11-7-10(15)5-6-12(11)17-20(18,19)13-4-2-1-3-9(13)8-16/h1-7,17H,8,16H2. The van der Waals surface area contributed by atoms with E-state index in [-0.39, 0.29) is 17.1 Å². The molecule has 0 amide bonds. The number of nitrogens with one attached hydrogen (secondary N) is 1. The van der Waals surface area contributed by atoms with Gasteiger partial charge in [0, 0.05) is 11.0 Å². The van der Waals surface area contributed by atoms with Crippen LogP contribution in [0, 0.1) is 5.82 Å². The van der Waals surface area contributed by atoms with E-state index in [4.69, 9.17) is 5.73 Å². The van der Waals surface area contributed by atoms with Crippen LogP contribution in [0.15, 0.2) is 51.8 Å². The van der Waals surface area contributed by atoms with Gasteiger partial charge < -0.3 is 5.73 Å². The minimum atomic E-state index is -3.77. The zero-order chi connectivity index (χ0) is 14.8. The van der Waals surface area contributed by atoms with E-state index in [1.54, 1.807) is 18.2 Å². The molecule has 4 nitrogen and oxygen atoms in total. The molecular weight excluding hydrogens is 347 g/mol. The summed E-state index contributed by atoms with van der Waals surface area (Å²) in [6.45, 7) is 0.113. The Morgan fingerprint density at radius 3 is 2.55 bits per heavy atom. The van der Waals surface area contributed by atoms with E-state index in [1.165, 1.54) is 24.3 Å². The summed E-state index contributed by atoms with van der Waals surface area (Å²) in [4.78, 5) is 0.110. The van der Waals surface area contributed by atoms with Crippen molar-refractivity contribution >= 4 is 31.6 Å². The van der Waals surface area contributed by atoms with Crippen molar-refractivity contribution in [2.75, 3.05) is 4.72 Å². The van der Waals surface area contributed by atoms with Gasteiger partial charge in [-0.2, -0.15) is 0 Å². The summed E-state index contributed by atoms with van der Waals surface area (Å²) in [6.07, 6.45) is 0. The largest absolute Gasteiger partial charge is 0.326 e. The lowest BCUT2D eigenvalue weighted by Crippen LogP contribution is -2.16. The van der Waals surface area contributed by atoms with E-state index >= 15 is 0 Å². The maximum absolute atomic E-state index is 13.0. The normalized spacial score (nSPS) is 11.3. The van der Waals surface area contributed by atoms with Crippen molar-refractivity contribution in [3.63, 3.8) is 0 Å². The Labute approximate surface area is 125 Å². The van der Waals surface area contributed by atoms with E-state index in [1.807, 2.05) is 0 Å². The Balaban J connectivity index is 2.41. The molecule has 3 N–H and O–H groups in total. The molecule has 2 aromatic carbocycles. The molecule has 2 aromatic rings. The van der Waals surface area contributed by atoms with Gasteiger partial charge in [-0.1, -0.05) is 18.2 Å². The van der Waals surface area contributed by atoms with Crippen LogP contribution >= 0.6 is 15.9 Å². The molecule has 2 rings (SSSR count). The van der Waals surface area contributed by atoms with Crippen LogP contribution in [0.4, 0.5) is 10.1 Å². The van der Waals surface area contributed by atoms with Crippen LogP contribution in [0.5, 0.6) is 0 Å². The highest BCUT2D eigenvalue weighted by atomic mass is 79.9. The monoisotopic (exact) mass is 358 g/mol. The van der Waals surface area contributed by atoms with Gasteiger partial charge in [0.05, 0.1) is 10.6 Å². The molecule has 0 aliphatic carbocycles. The lowest BCUT2D eigenvalue weighted by atomic mass is 10.2. The van der Waals surface area contributed by atoms with Crippen molar-refractivity contribution in [2.45, 2.75) is 11.4 Å². The molecule has 0 bridgehead atoms. The van der Waals surface area contributed by atoms with Crippen LogP contribution in [0.25, 0.3) is 0 Å². The average Bonchev–Trinajstić information content (AvgIpc) is 2.42. The Bertz CT molecular complexity index is 735. The Kier molecular flexibility index (Phi) is 4.42. The summed E-state index contributed by atoms with van der Waals surface area (Å²) in [5.74, 6) is -0.456. The molecule has 0 atom stereocenters. The van der Waals surface area contributed by atoms with Crippen LogP contribution in [-0.4, -0.2) is 8.42 Å². The third kappa shape index (κ3) is 3.17. The molecule has 106 valence electrons. The van der Waals surface area contributed by atoms with Gasteiger partial charge >= 0.3 is 0 Å². The molecular formula is C13H12BrFN2O2S. The lowest BCUT2D eigenvalue weighted by molar-refractivity contribution is 0.599. The summed E-state index contributed by atoms with van der Waals surface area (Å²) in [5, 5.41) is 0. The van der Waals surface area contributed by atoms with Gasteiger partial charge in [-0.05, 0) is 45.8 Å². The van der Waals surface area contributed by atoms with Crippen molar-refractivity contribution in [3.05, 3.63) is 58.3 Å². The fourth-order valence-corrected chi connectivity index (χ4v) is 3.62. The third-order valence-corrected chi connectivity index (χ3v) is 4.78. The van der Waals surface area contributed by atoms with Crippen molar-refractivity contribution in [3.8, 4) is 0 Å². The van der Waals surface area contributed by atoms with E-state index in [0.717, 1.165) is 0 Å². The predicted octanol–water partition coefficient (Wildman–Crippen LogP) is 2.85. The van der Waals surface area contributed by atoms with Gasteiger partial charge in [0.1, 0.15) is 5.82 Å². The lowest BCUT2D eigenvalue weighted by Gasteiger charge is -2.12. The van der Waals surface area contributed by atoms with Gasteiger partial charge in [0.2, 0.25) is 0 Å². The van der Waals surface area contributed by atoms with Crippen molar-refractivity contribution in [2.24, 2.45) is 5.73 Å². The maximum Gasteiger partial charge on any atom is 0.262 e. The van der Waals surface area contributed by atoms with E-state index in [2.05, 4.69) is 20.7 Å². The predicted molar refractivity (Wildman–Crippen MR) is 79.2 cm³/mol. The molecule has 0 aliphatic heterocycles. The third-order valence-electron chi connectivity index (χ3n) is 2.66. The quantitative estimate of drug-likeness (QED) is 0.882. The van der Waals surface area contributed by atoms with E-state index < -0.39 is 15.8 Å². The van der Waals surface area contributed by atoms with Crippen LogP contribution in [0.3, 0.4) is 0 Å². The van der Waals surface area contributed by atoms with E-state index in [9.17, 15) is 12.8 Å². The first-order valence-corrected chi connectivity index (χ1v) is 7.97.